The Morgan fingerprint density at radius 2 is 1.86 bits per heavy atom. The van der Waals surface area contributed by atoms with Gasteiger partial charge in [0.1, 0.15) is 11.5 Å². The number of ether oxygens (including phenoxy) is 1. The van der Waals surface area contributed by atoms with Crippen LogP contribution >= 0.6 is 11.8 Å². The summed E-state index contributed by atoms with van der Waals surface area (Å²) in [7, 11) is 0. The molecule has 4 bridgehead atoms. The number of thioether (sulfide) groups is 1. The van der Waals surface area contributed by atoms with E-state index in [-0.39, 0.29) is 42.1 Å². The quantitative estimate of drug-likeness (QED) is 0.410. The molecule has 0 spiro atoms. The van der Waals surface area contributed by atoms with Gasteiger partial charge in [-0.3, -0.25) is 9.59 Å². The van der Waals surface area contributed by atoms with E-state index in [4.69, 9.17) is 9.26 Å². The lowest BCUT2D eigenvalue weighted by molar-refractivity contribution is -0.137. The molecule has 1 heterocycles. The molecule has 1 aromatic heterocycles. The Balaban J connectivity index is 1.47. The van der Waals surface area contributed by atoms with E-state index in [0.717, 1.165) is 37.9 Å². The number of rotatable bonds is 10. The second kappa shape index (κ2) is 9.96. The lowest BCUT2D eigenvalue weighted by Crippen LogP contribution is -2.61. The van der Waals surface area contributed by atoms with Crippen molar-refractivity contribution in [3.05, 3.63) is 5.76 Å². The number of aromatic nitrogens is 1. The van der Waals surface area contributed by atoms with Crippen molar-refractivity contribution in [2.45, 2.75) is 96.2 Å². The summed E-state index contributed by atoms with van der Waals surface area (Å²) in [5.41, 5.74) is -1.32. The maximum atomic E-state index is 13.4. The molecule has 0 aliphatic heterocycles. The second-order valence-corrected chi connectivity index (χ2v) is 13.4. The van der Waals surface area contributed by atoms with Crippen LogP contribution in [-0.4, -0.2) is 52.1 Å². The van der Waals surface area contributed by atoms with Crippen molar-refractivity contribution in [3.63, 3.8) is 0 Å². The van der Waals surface area contributed by atoms with Gasteiger partial charge in [0.05, 0.1) is 11.0 Å². The van der Waals surface area contributed by atoms with Crippen LogP contribution < -0.4 is 15.4 Å². The molecule has 2 amide bonds. The van der Waals surface area contributed by atoms with Crippen molar-refractivity contribution in [2.75, 3.05) is 12.4 Å². The molecule has 4 aliphatic carbocycles. The van der Waals surface area contributed by atoms with Crippen LogP contribution in [0.15, 0.2) is 9.42 Å². The second-order valence-electron chi connectivity index (χ2n) is 12.3. The molecule has 3 N–H and O–H groups in total. The third kappa shape index (κ3) is 5.82. The maximum Gasteiger partial charge on any atom is 0.291 e. The van der Waals surface area contributed by atoms with Crippen LogP contribution in [0.2, 0.25) is 0 Å². The number of amides is 2. The topological polar surface area (TPSA) is 114 Å². The zero-order chi connectivity index (χ0) is 25.5. The highest BCUT2D eigenvalue weighted by molar-refractivity contribution is 7.99. The summed E-state index contributed by atoms with van der Waals surface area (Å²) in [4.78, 5) is 26.5. The lowest BCUT2D eigenvalue weighted by atomic mass is 9.52. The monoisotopic (exact) mass is 507 g/mol. The third-order valence-corrected chi connectivity index (χ3v) is 9.01. The number of aliphatic hydroxyl groups is 1. The van der Waals surface area contributed by atoms with Crippen molar-refractivity contribution in [1.29, 1.82) is 0 Å². The summed E-state index contributed by atoms with van der Waals surface area (Å²) < 4.78 is 11.5. The first-order chi connectivity index (χ1) is 16.4. The number of carbonyl (C=O) groups excluding carboxylic acids is 2. The summed E-state index contributed by atoms with van der Waals surface area (Å²) >= 11 is 1.49. The molecule has 4 aliphatic rings. The van der Waals surface area contributed by atoms with E-state index in [1.165, 1.54) is 11.8 Å². The zero-order valence-electron chi connectivity index (χ0n) is 21.8. The molecule has 196 valence electrons. The van der Waals surface area contributed by atoms with Gasteiger partial charge in [-0.1, -0.05) is 13.8 Å². The fraction of sp³-hybridized carbons (Fsp3) is 0.808. The number of nitrogens with one attached hydrogen (secondary N) is 2. The Morgan fingerprint density at radius 1 is 1.20 bits per heavy atom. The van der Waals surface area contributed by atoms with Gasteiger partial charge < -0.3 is 25.0 Å². The van der Waals surface area contributed by atoms with Gasteiger partial charge in [-0.2, -0.15) is 0 Å². The van der Waals surface area contributed by atoms with Crippen molar-refractivity contribution in [2.24, 2.45) is 29.1 Å². The highest BCUT2D eigenvalue weighted by Gasteiger charge is 2.55. The van der Waals surface area contributed by atoms with Gasteiger partial charge in [0, 0.05) is 17.8 Å². The minimum absolute atomic E-state index is 0.0344. The zero-order valence-corrected chi connectivity index (χ0v) is 22.7. The molecule has 9 heteroatoms. The predicted molar refractivity (Wildman–Crippen MR) is 134 cm³/mol. The normalized spacial score (nSPS) is 29.6. The van der Waals surface area contributed by atoms with Crippen molar-refractivity contribution in [3.8, 4) is 5.88 Å². The van der Waals surface area contributed by atoms with E-state index in [0.29, 0.717) is 28.6 Å². The van der Waals surface area contributed by atoms with Crippen LogP contribution in [0, 0.1) is 29.1 Å². The molecule has 8 nitrogen and oxygen atoms in total. The standard InChI is InChI=1S/C26H41N3O5S/c1-14(2)12-35-21-20(34-29-23(21)33-13-25(5,6)24(31)27-15(3)4)22(30)28-19-17-7-16-8-18(19)11-26(32,9-16)10-17/h14-19,32H,7-13H2,1-6H3,(H,27,31)(H,28,30). The minimum atomic E-state index is -0.772. The summed E-state index contributed by atoms with van der Waals surface area (Å²) in [6, 6.07) is 0.0857. The fourth-order valence-electron chi connectivity index (χ4n) is 6.09. The maximum absolute atomic E-state index is 13.4. The molecule has 1 aromatic rings. The first kappa shape index (κ1) is 26.3. The highest BCUT2D eigenvalue weighted by Crippen LogP contribution is 2.55. The van der Waals surface area contributed by atoms with Crippen LogP contribution in [0.3, 0.4) is 0 Å². The van der Waals surface area contributed by atoms with Crippen LogP contribution in [-0.2, 0) is 4.79 Å². The van der Waals surface area contributed by atoms with Gasteiger partial charge in [-0.05, 0) is 88.6 Å². The highest BCUT2D eigenvalue weighted by atomic mass is 32.2. The fourth-order valence-corrected chi connectivity index (χ4v) is 7.07. The molecule has 5 rings (SSSR count). The number of hydrogen-bond acceptors (Lipinski definition) is 7. The Morgan fingerprint density at radius 3 is 2.43 bits per heavy atom. The van der Waals surface area contributed by atoms with Gasteiger partial charge in [0.25, 0.3) is 11.8 Å². The minimum Gasteiger partial charge on any atom is -0.474 e. The Bertz CT molecular complexity index is 927. The largest absolute Gasteiger partial charge is 0.474 e. The number of carbonyl (C=O) groups is 2. The van der Waals surface area contributed by atoms with E-state index in [1.807, 2.05) is 27.7 Å². The van der Waals surface area contributed by atoms with E-state index in [1.54, 1.807) is 0 Å². The first-order valence-electron chi connectivity index (χ1n) is 13.0. The SMILES string of the molecule is CC(C)CSc1c(OCC(C)(C)C(=O)NC(C)C)noc1C(=O)NC1C2CC3CC1CC(O)(C3)C2. The summed E-state index contributed by atoms with van der Waals surface area (Å²) in [6.07, 6.45) is 4.56. The van der Waals surface area contributed by atoms with E-state index in [2.05, 4.69) is 29.6 Å². The number of hydrogen-bond donors (Lipinski definition) is 3. The molecule has 0 radical (unpaired) electrons. The molecule has 0 saturated heterocycles. The molecular weight excluding hydrogens is 466 g/mol. The van der Waals surface area contributed by atoms with Gasteiger partial charge in [-0.15, -0.1) is 11.8 Å². The van der Waals surface area contributed by atoms with E-state index >= 15 is 0 Å². The summed E-state index contributed by atoms with van der Waals surface area (Å²) in [5.74, 6) is 2.41. The van der Waals surface area contributed by atoms with Crippen molar-refractivity contribution in [1.82, 2.24) is 15.8 Å². The van der Waals surface area contributed by atoms with Crippen molar-refractivity contribution >= 4 is 23.6 Å². The average molecular weight is 508 g/mol. The van der Waals surface area contributed by atoms with Gasteiger partial charge in [0.15, 0.2) is 0 Å². The molecule has 4 fully saturated rings. The lowest BCUT2D eigenvalue weighted by Gasteiger charge is -2.58. The van der Waals surface area contributed by atoms with E-state index < -0.39 is 11.0 Å². The Hall–Kier alpha value is -1.74. The molecule has 4 saturated carbocycles. The van der Waals surface area contributed by atoms with Gasteiger partial charge in [0.2, 0.25) is 11.7 Å². The summed E-state index contributed by atoms with van der Waals surface area (Å²) in [6.45, 7) is 11.8. The van der Waals surface area contributed by atoms with Crippen LogP contribution in [0.4, 0.5) is 0 Å². The van der Waals surface area contributed by atoms with Gasteiger partial charge >= 0.3 is 0 Å². The summed E-state index contributed by atoms with van der Waals surface area (Å²) in [5, 5.41) is 21.1. The Labute approximate surface area is 212 Å². The molecular formula is C26H41N3O5S. The smallest absolute Gasteiger partial charge is 0.291 e. The van der Waals surface area contributed by atoms with E-state index in [9.17, 15) is 14.7 Å². The molecule has 2 unspecified atom stereocenters. The number of nitrogens with zero attached hydrogens (tertiary/aromatic N) is 1. The average Bonchev–Trinajstić information content (AvgIpc) is 3.14. The molecule has 0 aromatic carbocycles. The van der Waals surface area contributed by atoms with Crippen LogP contribution in [0.25, 0.3) is 0 Å². The first-order valence-corrected chi connectivity index (χ1v) is 13.9. The molecule has 35 heavy (non-hydrogen) atoms. The van der Waals surface area contributed by atoms with Crippen LogP contribution in [0.1, 0.15) is 84.2 Å². The predicted octanol–water partition coefficient (Wildman–Crippen LogP) is 4.02. The van der Waals surface area contributed by atoms with Crippen molar-refractivity contribution < 1.29 is 24.0 Å². The Kier molecular flexibility index (Phi) is 7.49. The molecule has 2 atom stereocenters. The van der Waals surface area contributed by atoms with Gasteiger partial charge in [-0.25, -0.2) is 0 Å². The third-order valence-electron chi connectivity index (χ3n) is 7.53. The van der Waals surface area contributed by atoms with Crippen LogP contribution in [0.5, 0.6) is 5.88 Å².